The van der Waals surface area contributed by atoms with Crippen molar-refractivity contribution in [2.45, 2.75) is 6.61 Å². The molecule has 1 rings (SSSR count). The highest BCUT2D eigenvalue weighted by Crippen LogP contribution is 2.29. The van der Waals surface area contributed by atoms with E-state index in [1.54, 1.807) is 0 Å². The molecule has 1 aromatic carbocycles. The minimum Gasteiger partial charge on any atom is -0.427 e. The van der Waals surface area contributed by atoms with Gasteiger partial charge in [0, 0.05) is 6.07 Å². The lowest BCUT2D eigenvalue weighted by Gasteiger charge is -2.05. The summed E-state index contributed by atoms with van der Waals surface area (Å²) in [5.41, 5.74) is -0.0454. The van der Waals surface area contributed by atoms with Crippen molar-refractivity contribution < 1.29 is 18.4 Å². The number of hydrogen-bond donors (Lipinski definition) is 0. The molecule has 80 valence electrons. The van der Waals surface area contributed by atoms with Crippen molar-refractivity contribution in [2.75, 3.05) is 0 Å². The number of alkyl halides is 2. The Kier molecular flexibility index (Phi) is 3.33. The Balaban J connectivity index is 3.14. The first-order chi connectivity index (χ1) is 7.04. The molecule has 4 nitrogen and oxygen atoms in total. The molecule has 1 aromatic rings. The van der Waals surface area contributed by atoms with Gasteiger partial charge in [0.05, 0.1) is 4.92 Å². The van der Waals surface area contributed by atoms with Gasteiger partial charge in [-0.25, -0.2) is 0 Å². The average Bonchev–Trinajstić information content (AvgIpc) is 2.17. The normalized spacial score (nSPS) is 10.1. The number of benzene rings is 1. The van der Waals surface area contributed by atoms with Gasteiger partial charge in [-0.2, -0.15) is 8.78 Å². The SMILES string of the molecule is C=Cc1ccc(OC(F)F)c([N+](=O)[O-])c1. The molecule has 0 spiro atoms. The molecule has 0 fully saturated rings. The van der Waals surface area contributed by atoms with Crippen molar-refractivity contribution >= 4 is 11.8 Å². The summed E-state index contributed by atoms with van der Waals surface area (Å²) in [6.45, 7) is 0.325. The maximum atomic E-state index is 11.9. The molecule has 0 amide bonds. The third-order valence-electron chi connectivity index (χ3n) is 1.63. The molecule has 0 radical (unpaired) electrons. The minimum absolute atomic E-state index is 0.458. The van der Waals surface area contributed by atoms with E-state index in [2.05, 4.69) is 11.3 Å². The van der Waals surface area contributed by atoms with Gasteiger partial charge in [-0.1, -0.05) is 18.7 Å². The van der Waals surface area contributed by atoms with Gasteiger partial charge in [0.2, 0.25) is 5.75 Å². The summed E-state index contributed by atoms with van der Waals surface area (Å²) in [4.78, 5) is 9.73. The third kappa shape index (κ3) is 2.73. The topological polar surface area (TPSA) is 52.4 Å². The fourth-order valence-electron chi connectivity index (χ4n) is 1.000. The zero-order valence-corrected chi connectivity index (χ0v) is 7.52. The van der Waals surface area contributed by atoms with Gasteiger partial charge in [0.25, 0.3) is 0 Å². The molecule has 0 aromatic heterocycles. The number of nitrogens with zero attached hydrogens (tertiary/aromatic N) is 1. The van der Waals surface area contributed by atoms with Crippen LogP contribution < -0.4 is 4.74 Å². The van der Waals surface area contributed by atoms with Gasteiger partial charge in [0.15, 0.2) is 0 Å². The molecule has 0 unspecified atom stereocenters. The van der Waals surface area contributed by atoms with Crippen LogP contribution in [0.5, 0.6) is 5.75 Å². The molecule has 6 heteroatoms. The highest BCUT2D eigenvalue weighted by molar-refractivity contribution is 5.57. The second-order valence-electron chi connectivity index (χ2n) is 2.57. The second-order valence-corrected chi connectivity index (χ2v) is 2.57. The molecule has 0 bridgehead atoms. The van der Waals surface area contributed by atoms with E-state index in [0.717, 1.165) is 12.1 Å². The Morgan fingerprint density at radius 3 is 2.67 bits per heavy atom. The molecule has 0 aliphatic heterocycles. The lowest BCUT2D eigenvalue weighted by atomic mass is 10.2. The summed E-state index contributed by atoms with van der Waals surface area (Å²) < 4.78 is 27.8. The molecule has 0 heterocycles. The second kappa shape index (κ2) is 4.50. The molecule has 0 aliphatic rings. The standard InChI is InChI=1S/C9H7F2NO3/c1-2-6-3-4-8(15-9(10)11)7(5-6)12(13)14/h2-5,9H,1H2. The predicted molar refractivity (Wildman–Crippen MR) is 49.8 cm³/mol. The van der Waals surface area contributed by atoms with Crippen LogP contribution in [-0.2, 0) is 0 Å². The van der Waals surface area contributed by atoms with E-state index in [1.807, 2.05) is 0 Å². The minimum atomic E-state index is -3.08. The van der Waals surface area contributed by atoms with Gasteiger partial charge in [-0.15, -0.1) is 0 Å². The van der Waals surface area contributed by atoms with Crippen LogP contribution in [0.1, 0.15) is 5.56 Å². The van der Waals surface area contributed by atoms with Crippen LogP contribution >= 0.6 is 0 Å². The first-order valence-corrected chi connectivity index (χ1v) is 3.90. The molecule has 0 saturated heterocycles. The van der Waals surface area contributed by atoms with E-state index >= 15 is 0 Å². The van der Waals surface area contributed by atoms with E-state index in [4.69, 9.17) is 0 Å². The number of hydrogen-bond acceptors (Lipinski definition) is 3. The van der Waals surface area contributed by atoms with E-state index < -0.39 is 23.0 Å². The van der Waals surface area contributed by atoms with Crippen LogP contribution in [0.4, 0.5) is 14.5 Å². The highest BCUT2D eigenvalue weighted by Gasteiger charge is 2.18. The number of rotatable bonds is 4. The first-order valence-electron chi connectivity index (χ1n) is 3.90. The van der Waals surface area contributed by atoms with Gasteiger partial charge in [-0.3, -0.25) is 10.1 Å². The lowest BCUT2D eigenvalue weighted by molar-refractivity contribution is -0.386. The number of nitro benzene ring substituents is 1. The van der Waals surface area contributed by atoms with Crippen molar-refractivity contribution in [3.63, 3.8) is 0 Å². The summed E-state index contributed by atoms with van der Waals surface area (Å²) in [5.74, 6) is -0.458. The van der Waals surface area contributed by atoms with Gasteiger partial charge < -0.3 is 4.74 Å². The fraction of sp³-hybridized carbons (Fsp3) is 0.111. The van der Waals surface area contributed by atoms with E-state index in [-0.39, 0.29) is 0 Å². The van der Waals surface area contributed by atoms with Crippen molar-refractivity contribution in [2.24, 2.45) is 0 Å². The Hall–Kier alpha value is -1.98. The fourth-order valence-corrected chi connectivity index (χ4v) is 1.000. The van der Waals surface area contributed by atoms with E-state index in [1.165, 1.54) is 12.1 Å². The number of nitro groups is 1. The maximum absolute atomic E-state index is 11.9. The molecule has 15 heavy (non-hydrogen) atoms. The Morgan fingerprint density at radius 1 is 1.53 bits per heavy atom. The highest BCUT2D eigenvalue weighted by atomic mass is 19.3. The molecule has 0 atom stereocenters. The van der Waals surface area contributed by atoms with E-state index in [0.29, 0.717) is 5.56 Å². The van der Waals surface area contributed by atoms with E-state index in [9.17, 15) is 18.9 Å². The van der Waals surface area contributed by atoms with Crippen molar-refractivity contribution in [3.8, 4) is 5.75 Å². The van der Waals surface area contributed by atoms with Crippen LogP contribution in [0.3, 0.4) is 0 Å². The van der Waals surface area contributed by atoms with Gasteiger partial charge >= 0.3 is 12.3 Å². The predicted octanol–water partition coefficient (Wildman–Crippen LogP) is 2.84. The molecular weight excluding hydrogens is 208 g/mol. The Bertz CT molecular complexity index is 393. The van der Waals surface area contributed by atoms with Crippen LogP contribution in [0.2, 0.25) is 0 Å². The first kappa shape index (κ1) is 11.1. The third-order valence-corrected chi connectivity index (χ3v) is 1.63. The molecular formula is C9H7F2NO3. The van der Waals surface area contributed by atoms with Gasteiger partial charge in [-0.05, 0) is 11.6 Å². The molecule has 0 aliphatic carbocycles. The zero-order chi connectivity index (χ0) is 11.4. The van der Waals surface area contributed by atoms with Crippen LogP contribution in [0, 0.1) is 10.1 Å². The quantitative estimate of drug-likeness (QED) is 0.573. The largest absolute Gasteiger partial charge is 0.427 e. The molecule has 0 saturated carbocycles. The summed E-state index contributed by atoms with van der Waals surface area (Å²) in [5, 5.41) is 10.5. The number of ether oxygens (including phenoxy) is 1. The summed E-state index contributed by atoms with van der Waals surface area (Å²) in [7, 11) is 0. The van der Waals surface area contributed by atoms with Crippen LogP contribution in [-0.4, -0.2) is 11.5 Å². The summed E-state index contributed by atoms with van der Waals surface area (Å²) in [6.07, 6.45) is 1.37. The molecule has 0 N–H and O–H groups in total. The summed E-state index contributed by atoms with van der Waals surface area (Å²) >= 11 is 0. The lowest BCUT2D eigenvalue weighted by Crippen LogP contribution is -2.04. The average molecular weight is 215 g/mol. The number of halogens is 2. The summed E-state index contributed by atoms with van der Waals surface area (Å²) in [6, 6.07) is 3.63. The van der Waals surface area contributed by atoms with Crippen molar-refractivity contribution in [1.29, 1.82) is 0 Å². The van der Waals surface area contributed by atoms with Crippen LogP contribution in [0.25, 0.3) is 6.08 Å². The monoisotopic (exact) mass is 215 g/mol. The Morgan fingerprint density at radius 2 is 2.20 bits per heavy atom. The zero-order valence-electron chi connectivity index (χ0n) is 7.52. The Labute approximate surface area is 83.9 Å². The smallest absolute Gasteiger partial charge is 0.387 e. The van der Waals surface area contributed by atoms with Gasteiger partial charge in [0.1, 0.15) is 0 Å². The maximum Gasteiger partial charge on any atom is 0.387 e. The van der Waals surface area contributed by atoms with Crippen LogP contribution in [0.15, 0.2) is 24.8 Å². The van der Waals surface area contributed by atoms with Crippen molar-refractivity contribution in [3.05, 3.63) is 40.5 Å². The van der Waals surface area contributed by atoms with Crippen molar-refractivity contribution in [1.82, 2.24) is 0 Å².